The number of aryl methyl sites for hydroxylation is 1. The molecule has 0 aliphatic carbocycles. The van der Waals surface area contributed by atoms with Crippen molar-refractivity contribution in [1.82, 2.24) is 20.1 Å². The van der Waals surface area contributed by atoms with E-state index in [4.69, 9.17) is 10.5 Å². The molecular formula is C22H22F3N7O3. The van der Waals surface area contributed by atoms with E-state index in [0.29, 0.717) is 11.4 Å². The van der Waals surface area contributed by atoms with Crippen LogP contribution >= 0.6 is 0 Å². The molecule has 0 spiro atoms. The molecule has 184 valence electrons. The van der Waals surface area contributed by atoms with Gasteiger partial charge in [-0.15, -0.1) is 0 Å². The molecule has 10 nitrogen and oxygen atoms in total. The molecule has 1 saturated heterocycles. The first-order valence-electron chi connectivity index (χ1n) is 10.9. The molecule has 1 amide bonds. The number of nitrogens with one attached hydrogen (secondary N) is 1. The first-order valence-corrected chi connectivity index (χ1v) is 10.9. The van der Waals surface area contributed by atoms with E-state index in [1.165, 1.54) is 28.9 Å². The van der Waals surface area contributed by atoms with Gasteiger partial charge in [0.05, 0.1) is 5.56 Å². The Kier molecular flexibility index (Phi) is 5.50. The van der Waals surface area contributed by atoms with Gasteiger partial charge in [0.15, 0.2) is 6.23 Å². The molecule has 2 aliphatic rings. The van der Waals surface area contributed by atoms with Crippen LogP contribution in [-0.4, -0.2) is 59.0 Å². The van der Waals surface area contributed by atoms with Crippen molar-refractivity contribution < 1.29 is 27.5 Å². The molecule has 0 radical (unpaired) electrons. The number of anilines is 3. The predicted octanol–water partition coefficient (Wildman–Crippen LogP) is 1.45. The third-order valence-corrected chi connectivity index (χ3v) is 6.10. The maximum absolute atomic E-state index is 14.0. The number of carbonyl (C=O) groups excluding carboxylic acids is 2. The third kappa shape index (κ3) is 4.11. The largest absolute Gasteiger partial charge is 0.434 e. The summed E-state index contributed by atoms with van der Waals surface area (Å²) in [6.45, 7) is 2.99. The summed E-state index contributed by atoms with van der Waals surface area (Å²) < 4.78 is 48.5. The van der Waals surface area contributed by atoms with E-state index >= 15 is 0 Å². The van der Waals surface area contributed by atoms with Gasteiger partial charge in [0.2, 0.25) is 0 Å². The van der Waals surface area contributed by atoms with Crippen LogP contribution in [0.1, 0.15) is 11.1 Å². The van der Waals surface area contributed by atoms with Crippen molar-refractivity contribution in [1.29, 1.82) is 0 Å². The highest BCUT2D eigenvalue weighted by molar-refractivity contribution is 6.31. The molecule has 1 unspecified atom stereocenters. The van der Waals surface area contributed by atoms with Crippen molar-refractivity contribution >= 4 is 40.0 Å². The number of rotatable bonds is 3. The molecule has 13 heteroatoms. The second kappa shape index (κ2) is 8.41. The van der Waals surface area contributed by atoms with Crippen molar-refractivity contribution in [2.24, 2.45) is 12.8 Å². The second-order valence-corrected chi connectivity index (χ2v) is 8.40. The summed E-state index contributed by atoms with van der Waals surface area (Å²) in [7, 11) is 1.53. The number of halogens is 3. The summed E-state index contributed by atoms with van der Waals surface area (Å²) in [4.78, 5) is 31.5. The Morgan fingerprint density at radius 2 is 1.97 bits per heavy atom. The Labute approximate surface area is 197 Å². The minimum absolute atomic E-state index is 0.101. The average Bonchev–Trinajstić information content (AvgIpc) is 3.36. The quantitative estimate of drug-likeness (QED) is 0.419. The lowest BCUT2D eigenvalue weighted by Gasteiger charge is -2.31. The number of fused-ring (bicyclic) bond motifs is 2. The maximum atomic E-state index is 14.0. The number of alkyl halides is 3. The van der Waals surface area contributed by atoms with E-state index in [9.17, 15) is 22.8 Å². The molecule has 2 aromatic heterocycles. The number of esters is 1. The van der Waals surface area contributed by atoms with E-state index in [1.807, 2.05) is 6.07 Å². The van der Waals surface area contributed by atoms with Crippen LogP contribution in [0.25, 0.3) is 10.9 Å². The molecular weight excluding hydrogens is 467 g/mol. The van der Waals surface area contributed by atoms with Crippen molar-refractivity contribution in [3.8, 4) is 0 Å². The molecule has 5 rings (SSSR count). The monoisotopic (exact) mass is 489 g/mol. The van der Waals surface area contributed by atoms with E-state index in [-0.39, 0.29) is 23.0 Å². The number of hydrogen-bond acceptors (Lipinski definition) is 8. The molecule has 3 aromatic rings. The Morgan fingerprint density at radius 1 is 1.23 bits per heavy atom. The Balaban J connectivity index is 1.67. The molecule has 1 atom stereocenters. The zero-order valence-corrected chi connectivity index (χ0v) is 18.7. The van der Waals surface area contributed by atoms with Gasteiger partial charge >= 0.3 is 18.1 Å². The van der Waals surface area contributed by atoms with Crippen LogP contribution < -0.4 is 20.9 Å². The van der Waals surface area contributed by atoms with Crippen molar-refractivity contribution in [2.75, 3.05) is 36.0 Å². The Morgan fingerprint density at radius 3 is 2.66 bits per heavy atom. The summed E-state index contributed by atoms with van der Waals surface area (Å²) >= 11 is 0. The van der Waals surface area contributed by atoms with Gasteiger partial charge in [-0.1, -0.05) is 0 Å². The predicted molar refractivity (Wildman–Crippen MR) is 120 cm³/mol. The van der Waals surface area contributed by atoms with Crippen LogP contribution in [0.15, 0.2) is 30.6 Å². The number of ether oxygens (including phenoxy) is 1. The van der Waals surface area contributed by atoms with Gasteiger partial charge in [0.25, 0.3) is 0 Å². The van der Waals surface area contributed by atoms with Crippen LogP contribution in [0.3, 0.4) is 0 Å². The highest BCUT2D eigenvalue weighted by Gasteiger charge is 2.40. The van der Waals surface area contributed by atoms with E-state index in [1.54, 1.807) is 6.20 Å². The van der Waals surface area contributed by atoms with Crippen LogP contribution in [0, 0.1) is 0 Å². The normalized spacial score (nSPS) is 18.1. The first kappa shape index (κ1) is 22.9. The molecule has 2 aliphatic heterocycles. The number of aromatic nitrogens is 3. The van der Waals surface area contributed by atoms with Gasteiger partial charge in [-0.05, 0) is 18.2 Å². The minimum atomic E-state index is -4.68. The van der Waals surface area contributed by atoms with Crippen LogP contribution in [-0.2, 0) is 34.0 Å². The molecule has 35 heavy (non-hydrogen) atoms. The summed E-state index contributed by atoms with van der Waals surface area (Å²) in [6, 6.07) is 4.30. The van der Waals surface area contributed by atoms with Gasteiger partial charge in [0.1, 0.15) is 11.3 Å². The summed E-state index contributed by atoms with van der Waals surface area (Å²) in [6.07, 6.45) is -2.64. The first-order chi connectivity index (χ1) is 16.6. The molecule has 0 saturated carbocycles. The van der Waals surface area contributed by atoms with Crippen LogP contribution in [0.2, 0.25) is 0 Å². The van der Waals surface area contributed by atoms with Gasteiger partial charge < -0.3 is 20.7 Å². The zero-order valence-electron chi connectivity index (χ0n) is 18.7. The number of carbonyl (C=O) groups is 2. The average molecular weight is 489 g/mol. The number of pyridine rings is 1. The number of piperazine rings is 1. The van der Waals surface area contributed by atoms with Gasteiger partial charge in [0, 0.05) is 74.4 Å². The highest BCUT2D eigenvalue weighted by Crippen LogP contribution is 2.45. The number of nitrogens with two attached hydrogens (primary N) is 1. The molecule has 3 N–H and O–H groups in total. The van der Waals surface area contributed by atoms with E-state index < -0.39 is 29.8 Å². The number of benzene rings is 1. The van der Waals surface area contributed by atoms with Crippen LogP contribution in [0.4, 0.5) is 30.4 Å². The maximum Gasteiger partial charge on any atom is 0.418 e. The fourth-order valence-electron chi connectivity index (χ4n) is 4.64. The number of hydrogen-bond donors (Lipinski definition) is 2. The minimum Gasteiger partial charge on any atom is -0.434 e. The topological polar surface area (TPSA) is 119 Å². The summed E-state index contributed by atoms with van der Waals surface area (Å²) in [5.41, 5.74) is 5.61. The van der Waals surface area contributed by atoms with Gasteiger partial charge in [-0.3, -0.25) is 14.4 Å². The smallest absolute Gasteiger partial charge is 0.418 e. The number of primary amides is 1. The summed E-state index contributed by atoms with van der Waals surface area (Å²) in [5, 5.41) is 7.49. The lowest BCUT2D eigenvalue weighted by atomic mass is 10.1. The fraction of sp³-hybridized carbons (Fsp3) is 0.364. The summed E-state index contributed by atoms with van der Waals surface area (Å²) in [5.74, 6) is -2.23. The Bertz CT molecular complexity index is 1320. The lowest BCUT2D eigenvalue weighted by Crippen LogP contribution is -2.43. The standard InChI is InChI=1S/C22H22F3N7O3/c1-30-11-12-8-13(9-15(18(12)29-30)22(23,24)25)32-17(35-21(34)19(26)33)10-14-16(2-3-28-20(14)32)31-6-4-27-5-7-31/h2-3,8-9,11,17,27H,4-7,10H2,1H3,(H2,26,33). The number of amides is 1. The number of nitrogens with zero attached hydrogens (tertiary/aromatic N) is 5. The van der Waals surface area contributed by atoms with E-state index in [0.717, 1.165) is 37.9 Å². The van der Waals surface area contributed by atoms with Gasteiger partial charge in [-0.25, -0.2) is 9.78 Å². The SMILES string of the molecule is Cn1cc2cc(N3c4nccc(N5CCNCC5)c4CC3OC(=O)C(N)=O)cc(C(F)(F)F)c2n1. The lowest BCUT2D eigenvalue weighted by molar-refractivity contribution is -0.157. The van der Waals surface area contributed by atoms with Crippen molar-refractivity contribution in [2.45, 2.75) is 18.8 Å². The van der Waals surface area contributed by atoms with Crippen LogP contribution in [0.5, 0.6) is 0 Å². The molecule has 1 fully saturated rings. The van der Waals surface area contributed by atoms with Crippen molar-refractivity contribution in [3.63, 3.8) is 0 Å². The highest BCUT2D eigenvalue weighted by atomic mass is 19.4. The zero-order chi connectivity index (χ0) is 24.9. The van der Waals surface area contributed by atoms with E-state index in [2.05, 4.69) is 20.3 Å². The third-order valence-electron chi connectivity index (χ3n) is 6.10. The molecule has 1 aromatic carbocycles. The second-order valence-electron chi connectivity index (χ2n) is 8.40. The fourth-order valence-corrected chi connectivity index (χ4v) is 4.64. The van der Waals surface area contributed by atoms with Gasteiger partial charge in [-0.2, -0.15) is 18.3 Å². The molecule has 0 bridgehead atoms. The van der Waals surface area contributed by atoms with Crippen molar-refractivity contribution in [3.05, 3.63) is 41.7 Å². The Hall–Kier alpha value is -3.87. The molecule has 4 heterocycles.